The molecule has 3 N–H and O–H groups in total. The monoisotopic (exact) mass is 1440 g/mol. The highest BCUT2D eigenvalue weighted by Gasteiger charge is 2.30. The molecule has 0 aromatic rings. The predicted molar refractivity (Wildman–Crippen MR) is 400 cm³/mol. The third-order valence-electron chi connectivity index (χ3n) is 18.5. The van der Waals surface area contributed by atoms with Crippen molar-refractivity contribution in [3.63, 3.8) is 0 Å². The average Bonchev–Trinajstić information content (AvgIpc) is 1.04. The Bertz CT molecular complexity index is 1890. The minimum absolute atomic E-state index is 0.108. The van der Waals surface area contributed by atoms with E-state index >= 15 is 0 Å². The first-order valence-electron chi connectivity index (χ1n) is 41.0. The minimum atomic E-state index is -4.96. The molecule has 0 bridgehead atoms. The van der Waals surface area contributed by atoms with Crippen LogP contribution in [0.1, 0.15) is 414 Å². The zero-order valence-corrected chi connectivity index (χ0v) is 65.9. The number of phosphoric acid groups is 2. The molecule has 0 fully saturated rings. The molecule has 0 aromatic heterocycles. The van der Waals surface area contributed by atoms with E-state index in [-0.39, 0.29) is 25.7 Å². The highest BCUT2D eigenvalue weighted by atomic mass is 31.2. The van der Waals surface area contributed by atoms with Gasteiger partial charge < -0.3 is 33.8 Å². The van der Waals surface area contributed by atoms with Crippen LogP contribution in [0.4, 0.5) is 0 Å². The molecular weight excluding hydrogens is 1280 g/mol. The van der Waals surface area contributed by atoms with Crippen LogP contribution in [-0.4, -0.2) is 96.7 Å². The standard InChI is InChI=1S/C79H154O17P2/c1-7-9-11-13-15-17-19-20-27-33-39-45-51-57-63-78(83)95-74(67-89-76(81)61-55-49-43-37-18-16-14-12-10-8-2)69-93-97(85,86)91-65-73(80)66-92-98(87,88)94-70-75(68-90-77(82)62-56-50-44-38-32-29-24-26-31-36-42-48-54-60-72(5)6)96-79(84)64-58-52-46-40-34-28-23-21-22-25-30-35-41-47-53-59-71(3)4/h71-75,80H,7-70H2,1-6H3,(H,85,86)(H,87,88)/t73-,74+,75+/m0/s1. The van der Waals surface area contributed by atoms with E-state index in [1.54, 1.807) is 0 Å². The first-order valence-corrected chi connectivity index (χ1v) is 44.0. The molecule has 0 aromatic carbocycles. The zero-order valence-electron chi connectivity index (χ0n) is 64.1. The molecule has 0 saturated carbocycles. The molecule has 0 heterocycles. The maximum atomic E-state index is 13.1. The SMILES string of the molecule is CCCCCCCCCCCCCCCCC(=O)O[C@H](COC(=O)CCCCCCCCCCCC)COP(=O)(O)OC[C@H](O)COP(=O)(O)OC[C@@H](COC(=O)CCCCCCCCCCCCCCCC(C)C)OC(=O)CCCCCCCCCCCCCCCCCC(C)C. The summed E-state index contributed by atoms with van der Waals surface area (Å²) in [4.78, 5) is 72.9. The third kappa shape index (κ3) is 72.4. The van der Waals surface area contributed by atoms with E-state index in [9.17, 15) is 43.2 Å². The molecular formula is C79H154O17P2. The Labute approximate surface area is 600 Å². The number of hydrogen-bond acceptors (Lipinski definition) is 15. The second-order valence-corrected chi connectivity index (χ2v) is 32.3. The van der Waals surface area contributed by atoms with Gasteiger partial charge in [-0.15, -0.1) is 0 Å². The zero-order chi connectivity index (χ0) is 72.1. The van der Waals surface area contributed by atoms with E-state index in [0.29, 0.717) is 25.7 Å². The number of carbonyl (C=O) groups is 4. The second-order valence-electron chi connectivity index (χ2n) is 29.4. The molecule has 0 aliphatic heterocycles. The summed E-state index contributed by atoms with van der Waals surface area (Å²) in [5, 5.41) is 10.6. The van der Waals surface area contributed by atoms with Crippen molar-refractivity contribution in [1.82, 2.24) is 0 Å². The molecule has 0 radical (unpaired) electrons. The van der Waals surface area contributed by atoms with Gasteiger partial charge in [-0.2, -0.15) is 0 Å². The molecule has 5 atom stereocenters. The van der Waals surface area contributed by atoms with Crippen molar-refractivity contribution in [1.29, 1.82) is 0 Å². The largest absolute Gasteiger partial charge is 0.472 e. The van der Waals surface area contributed by atoms with Crippen molar-refractivity contribution < 1.29 is 80.2 Å². The fourth-order valence-corrected chi connectivity index (χ4v) is 13.8. The Morgan fingerprint density at radius 3 is 0.694 bits per heavy atom. The Morgan fingerprint density at radius 1 is 0.276 bits per heavy atom. The minimum Gasteiger partial charge on any atom is -0.462 e. The van der Waals surface area contributed by atoms with Gasteiger partial charge in [0.2, 0.25) is 0 Å². The number of aliphatic hydroxyl groups excluding tert-OH is 1. The number of aliphatic hydroxyl groups is 1. The van der Waals surface area contributed by atoms with Gasteiger partial charge in [-0.1, -0.05) is 363 Å². The average molecular weight is 1440 g/mol. The number of rotatable bonds is 78. The van der Waals surface area contributed by atoms with Gasteiger partial charge >= 0.3 is 39.5 Å². The van der Waals surface area contributed by atoms with Gasteiger partial charge in [-0.25, -0.2) is 9.13 Å². The Kier molecular flexibility index (Phi) is 69.3. The van der Waals surface area contributed by atoms with Crippen molar-refractivity contribution in [2.75, 3.05) is 39.6 Å². The van der Waals surface area contributed by atoms with E-state index in [0.717, 1.165) is 102 Å². The molecule has 98 heavy (non-hydrogen) atoms. The number of carbonyl (C=O) groups excluding carboxylic acids is 4. The van der Waals surface area contributed by atoms with Gasteiger partial charge in [0.15, 0.2) is 12.2 Å². The van der Waals surface area contributed by atoms with Crippen molar-refractivity contribution in [3.05, 3.63) is 0 Å². The summed E-state index contributed by atoms with van der Waals surface area (Å²) in [6.45, 7) is 9.66. The van der Waals surface area contributed by atoms with Gasteiger partial charge in [0.25, 0.3) is 0 Å². The summed E-state index contributed by atoms with van der Waals surface area (Å²) < 4.78 is 68.6. The predicted octanol–water partition coefficient (Wildman–Crippen LogP) is 23.5. The normalized spacial score (nSPS) is 13.9. The van der Waals surface area contributed by atoms with Gasteiger partial charge in [0.05, 0.1) is 26.4 Å². The lowest BCUT2D eigenvalue weighted by molar-refractivity contribution is -0.161. The number of esters is 4. The van der Waals surface area contributed by atoms with Crippen LogP contribution in [0, 0.1) is 11.8 Å². The summed E-state index contributed by atoms with van der Waals surface area (Å²) in [5.41, 5.74) is 0. The van der Waals surface area contributed by atoms with E-state index in [1.807, 2.05) is 0 Å². The molecule has 0 rings (SSSR count). The van der Waals surface area contributed by atoms with Gasteiger partial charge in [0.1, 0.15) is 19.3 Å². The summed E-state index contributed by atoms with van der Waals surface area (Å²) in [6.07, 6.45) is 59.5. The third-order valence-corrected chi connectivity index (χ3v) is 20.4. The number of phosphoric ester groups is 2. The quantitative estimate of drug-likeness (QED) is 0.0222. The van der Waals surface area contributed by atoms with Crippen LogP contribution >= 0.6 is 15.6 Å². The van der Waals surface area contributed by atoms with Crippen LogP contribution < -0.4 is 0 Å². The second kappa shape index (κ2) is 70.7. The van der Waals surface area contributed by atoms with Gasteiger partial charge in [0, 0.05) is 25.7 Å². The molecule has 0 saturated heterocycles. The first kappa shape index (κ1) is 96.1. The van der Waals surface area contributed by atoms with Crippen molar-refractivity contribution in [2.24, 2.45) is 11.8 Å². The van der Waals surface area contributed by atoms with Crippen molar-refractivity contribution >= 4 is 39.5 Å². The van der Waals surface area contributed by atoms with Crippen LogP contribution in [0.25, 0.3) is 0 Å². The van der Waals surface area contributed by atoms with Crippen molar-refractivity contribution in [2.45, 2.75) is 432 Å². The highest BCUT2D eigenvalue weighted by Crippen LogP contribution is 2.45. The van der Waals surface area contributed by atoms with Gasteiger partial charge in [-0.3, -0.25) is 37.3 Å². The number of unbranched alkanes of at least 4 members (excludes halogenated alkanes) is 48. The molecule has 17 nitrogen and oxygen atoms in total. The van der Waals surface area contributed by atoms with E-state index in [1.165, 1.54) is 231 Å². The van der Waals surface area contributed by atoms with Crippen LogP contribution in [0.2, 0.25) is 0 Å². The molecule has 2 unspecified atom stereocenters. The van der Waals surface area contributed by atoms with E-state index in [4.69, 9.17) is 37.0 Å². The Hall–Kier alpha value is -1.94. The highest BCUT2D eigenvalue weighted by molar-refractivity contribution is 7.47. The maximum Gasteiger partial charge on any atom is 0.472 e. The van der Waals surface area contributed by atoms with E-state index in [2.05, 4.69) is 41.5 Å². The van der Waals surface area contributed by atoms with Crippen LogP contribution in [0.3, 0.4) is 0 Å². The lowest BCUT2D eigenvalue weighted by Crippen LogP contribution is -2.30. The van der Waals surface area contributed by atoms with Crippen LogP contribution in [0.5, 0.6) is 0 Å². The molecule has 0 spiro atoms. The smallest absolute Gasteiger partial charge is 0.462 e. The molecule has 0 aliphatic carbocycles. The molecule has 0 amide bonds. The summed E-state index contributed by atoms with van der Waals surface area (Å²) in [7, 11) is -9.92. The molecule has 582 valence electrons. The van der Waals surface area contributed by atoms with Crippen molar-refractivity contribution in [3.8, 4) is 0 Å². The Morgan fingerprint density at radius 2 is 0.469 bits per heavy atom. The fourth-order valence-electron chi connectivity index (χ4n) is 12.2. The van der Waals surface area contributed by atoms with E-state index < -0.39 is 97.5 Å². The van der Waals surface area contributed by atoms with Gasteiger partial charge in [-0.05, 0) is 37.5 Å². The van der Waals surface area contributed by atoms with Crippen LogP contribution in [0.15, 0.2) is 0 Å². The number of ether oxygens (including phenoxy) is 4. The Balaban J connectivity index is 5.24. The maximum absolute atomic E-state index is 13.1. The molecule has 0 aliphatic rings. The lowest BCUT2D eigenvalue weighted by atomic mass is 10.0. The molecule has 19 heteroatoms. The summed E-state index contributed by atoms with van der Waals surface area (Å²) in [6, 6.07) is 0. The summed E-state index contributed by atoms with van der Waals surface area (Å²) in [5.74, 6) is -0.516. The topological polar surface area (TPSA) is 237 Å². The number of hydrogen-bond donors (Lipinski definition) is 3. The summed E-state index contributed by atoms with van der Waals surface area (Å²) >= 11 is 0. The first-order chi connectivity index (χ1) is 47.4. The fraction of sp³-hybridized carbons (Fsp3) is 0.949. The lowest BCUT2D eigenvalue weighted by Gasteiger charge is -2.21. The van der Waals surface area contributed by atoms with Crippen LogP contribution in [-0.2, 0) is 65.4 Å².